The van der Waals surface area contributed by atoms with Gasteiger partial charge in [0, 0.05) is 17.7 Å². The molecule has 0 unspecified atom stereocenters. The van der Waals surface area contributed by atoms with Gasteiger partial charge in [0.2, 0.25) is 0 Å². The van der Waals surface area contributed by atoms with Gasteiger partial charge in [-0.2, -0.15) is 13.2 Å². The number of nitrogens with one attached hydrogen (secondary N) is 1. The van der Waals surface area contributed by atoms with Crippen LogP contribution in [0.1, 0.15) is 30.0 Å². The molecule has 0 amide bonds. The number of aromatic amines is 1. The number of nitrogens with zero attached hydrogens (tertiary/aromatic N) is 1. The molecule has 1 saturated carbocycles. The van der Waals surface area contributed by atoms with Crippen molar-refractivity contribution in [2.24, 2.45) is 0 Å². The Balaban J connectivity index is 1.96. The summed E-state index contributed by atoms with van der Waals surface area (Å²) in [5.74, 6) is 0.392. The van der Waals surface area contributed by atoms with Crippen molar-refractivity contribution in [3.8, 4) is 5.69 Å². The average Bonchev–Trinajstić information content (AvgIpc) is 3.12. The van der Waals surface area contributed by atoms with E-state index in [4.69, 9.17) is 0 Å². The quantitative estimate of drug-likeness (QED) is 0.893. The predicted octanol–water partition coefficient (Wildman–Crippen LogP) is 3.06. The second kappa shape index (κ2) is 4.01. The highest BCUT2D eigenvalue weighted by atomic mass is 19.4. The van der Waals surface area contributed by atoms with Crippen LogP contribution in [0.2, 0.25) is 0 Å². The van der Waals surface area contributed by atoms with Gasteiger partial charge in [-0.15, -0.1) is 0 Å². The number of H-pyrrole nitrogens is 1. The predicted molar refractivity (Wildman–Crippen MR) is 63.4 cm³/mol. The molecule has 3 nitrogen and oxygen atoms in total. The zero-order valence-corrected chi connectivity index (χ0v) is 9.87. The summed E-state index contributed by atoms with van der Waals surface area (Å²) >= 11 is 0. The first-order chi connectivity index (χ1) is 8.95. The monoisotopic (exact) mass is 268 g/mol. The van der Waals surface area contributed by atoms with Crippen LogP contribution in [0.5, 0.6) is 0 Å². The minimum atomic E-state index is -4.36. The molecule has 1 aromatic heterocycles. The van der Waals surface area contributed by atoms with E-state index >= 15 is 0 Å². The number of benzene rings is 1. The third kappa shape index (κ3) is 2.30. The summed E-state index contributed by atoms with van der Waals surface area (Å²) in [6.07, 6.45) is -2.27. The van der Waals surface area contributed by atoms with Crippen LogP contribution in [-0.4, -0.2) is 9.78 Å². The topological polar surface area (TPSA) is 37.8 Å². The van der Waals surface area contributed by atoms with E-state index in [1.54, 1.807) is 0 Å². The van der Waals surface area contributed by atoms with Gasteiger partial charge in [-0.05, 0) is 37.1 Å². The van der Waals surface area contributed by atoms with Crippen LogP contribution in [-0.2, 0) is 6.18 Å². The van der Waals surface area contributed by atoms with E-state index in [2.05, 4.69) is 5.10 Å². The lowest BCUT2D eigenvalue weighted by Crippen LogP contribution is -2.14. The number of hydrogen-bond acceptors (Lipinski definition) is 1. The van der Waals surface area contributed by atoms with Crippen molar-refractivity contribution < 1.29 is 13.2 Å². The molecule has 0 bridgehead atoms. The fourth-order valence-electron chi connectivity index (χ4n) is 2.01. The van der Waals surface area contributed by atoms with Crippen LogP contribution in [0, 0.1) is 0 Å². The molecule has 0 aliphatic heterocycles. The fraction of sp³-hybridized carbons (Fsp3) is 0.308. The van der Waals surface area contributed by atoms with Crippen LogP contribution in [0.25, 0.3) is 5.69 Å². The molecule has 100 valence electrons. The maximum atomic E-state index is 12.4. The molecule has 2 aromatic rings. The lowest BCUT2D eigenvalue weighted by molar-refractivity contribution is -0.137. The molecule has 0 radical (unpaired) electrons. The van der Waals surface area contributed by atoms with Gasteiger partial charge in [0.1, 0.15) is 0 Å². The highest BCUT2D eigenvalue weighted by molar-refractivity contribution is 5.35. The molecule has 1 heterocycles. The van der Waals surface area contributed by atoms with Crippen LogP contribution >= 0.6 is 0 Å². The number of alkyl halides is 3. The molecule has 1 aliphatic rings. The second-order valence-corrected chi connectivity index (χ2v) is 4.70. The Morgan fingerprint density at radius 3 is 2.32 bits per heavy atom. The SMILES string of the molecule is O=c1cc(C2CC2)[nH]n1-c1ccc(C(F)(F)F)cc1. The van der Waals surface area contributed by atoms with Crippen molar-refractivity contribution in [3.05, 3.63) is 51.9 Å². The van der Waals surface area contributed by atoms with Crippen molar-refractivity contribution in [2.45, 2.75) is 24.9 Å². The molecular formula is C13H11F3N2O. The summed E-state index contributed by atoms with van der Waals surface area (Å²) in [5.41, 5.74) is 0.287. The fourth-order valence-corrected chi connectivity index (χ4v) is 2.01. The third-order valence-electron chi connectivity index (χ3n) is 3.21. The zero-order chi connectivity index (χ0) is 13.6. The van der Waals surface area contributed by atoms with Gasteiger partial charge in [0.25, 0.3) is 5.56 Å². The van der Waals surface area contributed by atoms with Gasteiger partial charge in [-0.3, -0.25) is 9.89 Å². The molecule has 1 fully saturated rings. The van der Waals surface area contributed by atoms with E-state index in [9.17, 15) is 18.0 Å². The Labute approximate surface area is 106 Å². The van der Waals surface area contributed by atoms with E-state index in [-0.39, 0.29) is 5.56 Å². The van der Waals surface area contributed by atoms with E-state index < -0.39 is 11.7 Å². The Bertz CT molecular complexity index is 648. The van der Waals surface area contributed by atoms with Crippen molar-refractivity contribution in [2.75, 3.05) is 0 Å². The highest BCUT2D eigenvalue weighted by Gasteiger charge is 2.30. The summed E-state index contributed by atoms with van der Waals surface area (Å²) in [6.45, 7) is 0. The van der Waals surface area contributed by atoms with Gasteiger partial charge >= 0.3 is 6.18 Å². The minimum Gasteiger partial charge on any atom is -0.295 e. The van der Waals surface area contributed by atoms with Crippen LogP contribution in [0.4, 0.5) is 13.2 Å². The lowest BCUT2D eigenvalue weighted by atomic mass is 10.2. The van der Waals surface area contributed by atoms with Crippen molar-refractivity contribution in [1.29, 1.82) is 0 Å². The number of aromatic nitrogens is 2. The molecule has 0 spiro atoms. The summed E-state index contributed by atoms with van der Waals surface area (Å²) in [4.78, 5) is 11.8. The van der Waals surface area contributed by atoms with Crippen molar-refractivity contribution in [1.82, 2.24) is 9.78 Å². The normalized spacial score (nSPS) is 15.7. The summed E-state index contributed by atoms with van der Waals surface area (Å²) in [7, 11) is 0. The van der Waals surface area contributed by atoms with Gasteiger partial charge in [-0.1, -0.05) is 0 Å². The van der Waals surface area contributed by atoms with Crippen LogP contribution in [0.3, 0.4) is 0 Å². The summed E-state index contributed by atoms with van der Waals surface area (Å²) in [6, 6.07) is 6.03. The van der Waals surface area contributed by atoms with Crippen molar-refractivity contribution in [3.63, 3.8) is 0 Å². The molecule has 19 heavy (non-hydrogen) atoms. The van der Waals surface area contributed by atoms with Crippen LogP contribution < -0.4 is 5.56 Å². The van der Waals surface area contributed by atoms with Crippen molar-refractivity contribution >= 4 is 0 Å². The second-order valence-electron chi connectivity index (χ2n) is 4.70. The Kier molecular flexibility index (Phi) is 2.55. The first kappa shape index (κ1) is 12.1. The molecule has 3 rings (SSSR count). The largest absolute Gasteiger partial charge is 0.416 e. The zero-order valence-electron chi connectivity index (χ0n) is 9.87. The van der Waals surface area contributed by atoms with Gasteiger partial charge in [0.15, 0.2) is 0 Å². The molecule has 6 heteroatoms. The van der Waals surface area contributed by atoms with Gasteiger partial charge in [-0.25, -0.2) is 4.68 Å². The van der Waals surface area contributed by atoms with E-state index in [1.807, 2.05) is 0 Å². The standard InChI is InChI=1S/C13H11F3N2O/c14-13(15,16)9-3-5-10(6-4-9)18-12(19)7-11(17-18)8-1-2-8/h3-8,17H,1-2H2. The molecule has 1 aliphatic carbocycles. The number of rotatable bonds is 2. The molecule has 1 N–H and O–H groups in total. The maximum absolute atomic E-state index is 12.4. The van der Waals surface area contributed by atoms with E-state index in [1.165, 1.54) is 22.9 Å². The first-order valence-electron chi connectivity index (χ1n) is 5.95. The summed E-state index contributed by atoms with van der Waals surface area (Å²) in [5, 5.41) is 2.94. The average molecular weight is 268 g/mol. The van der Waals surface area contributed by atoms with E-state index in [0.29, 0.717) is 11.6 Å². The maximum Gasteiger partial charge on any atom is 0.416 e. The molecule has 0 saturated heterocycles. The summed E-state index contributed by atoms with van der Waals surface area (Å²) < 4.78 is 38.6. The first-order valence-corrected chi connectivity index (χ1v) is 5.95. The van der Waals surface area contributed by atoms with Gasteiger partial charge in [0.05, 0.1) is 11.3 Å². The lowest BCUT2D eigenvalue weighted by Gasteiger charge is -2.07. The Hall–Kier alpha value is -1.98. The van der Waals surface area contributed by atoms with Gasteiger partial charge < -0.3 is 0 Å². The molecule has 0 atom stereocenters. The molecular weight excluding hydrogens is 257 g/mol. The number of hydrogen-bond donors (Lipinski definition) is 1. The minimum absolute atomic E-state index is 0.248. The number of halogens is 3. The molecule has 1 aromatic carbocycles. The van der Waals surface area contributed by atoms with E-state index in [0.717, 1.165) is 30.7 Å². The Morgan fingerprint density at radius 2 is 1.79 bits per heavy atom. The van der Waals surface area contributed by atoms with Crippen LogP contribution in [0.15, 0.2) is 35.1 Å². The third-order valence-corrected chi connectivity index (χ3v) is 3.21. The smallest absolute Gasteiger partial charge is 0.295 e. The highest BCUT2D eigenvalue weighted by Crippen LogP contribution is 2.38. The Morgan fingerprint density at radius 1 is 1.16 bits per heavy atom.